The molecule has 0 heterocycles. The monoisotopic (exact) mass is 269 g/mol. The van der Waals surface area contributed by atoms with Crippen LogP contribution in [0.3, 0.4) is 0 Å². The Kier molecular flexibility index (Phi) is 6.03. The molecule has 0 aliphatic heterocycles. The van der Waals surface area contributed by atoms with E-state index in [0.717, 1.165) is 6.92 Å². The molecule has 0 spiro atoms. The topological polar surface area (TPSA) is 113 Å². The van der Waals surface area contributed by atoms with E-state index in [0.29, 0.717) is 0 Å². The van der Waals surface area contributed by atoms with Gasteiger partial charge in [0.05, 0.1) is 18.5 Å². The highest BCUT2D eigenvalue weighted by Gasteiger charge is 2.31. The first-order valence-corrected chi connectivity index (χ1v) is 6.77. The molecule has 1 atom stereocenters. The summed E-state index contributed by atoms with van der Waals surface area (Å²) in [6.07, 6.45) is -0.0765. The van der Waals surface area contributed by atoms with Gasteiger partial charge in [0.1, 0.15) is 0 Å². The Hall–Kier alpha value is -0.700. The normalized spacial score (nSPS) is 15.8. The third-order valence-corrected chi connectivity index (χ3v) is 3.19. The van der Waals surface area contributed by atoms with Crippen LogP contribution in [0.15, 0.2) is 0 Å². The average Bonchev–Trinajstić information content (AvgIpc) is 2.14. The molecule has 8 heteroatoms. The van der Waals surface area contributed by atoms with Crippen LogP contribution in [0.5, 0.6) is 0 Å². The molecule has 0 fully saturated rings. The number of aliphatic carboxylic acids is 1. The number of aliphatic hydroxyl groups is 1. The van der Waals surface area contributed by atoms with E-state index in [-0.39, 0.29) is 18.5 Å². The Morgan fingerprint density at radius 1 is 1.47 bits per heavy atom. The molecule has 3 N–H and O–H groups in total. The molecule has 0 radical (unpaired) electrons. The lowest BCUT2D eigenvalue weighted by Gasteiger charge is -2.18. The van der Waals surface area contributed by atoms with Gasteiger partial charge in [0, 0.05) is 6.54 Å². The number of carboxylic acid groups (broad SMARTS) is 1. The summed E-state index contributed by atoms with van der Waals surface area (Å²) in [5.41, 5.74) is -2.12. The first-order valence-electron chi connectivity index (χ1n) is 5.11. The fourth-order valence-corrected chi connectivity index (χ4v) is 1.75. The number of sulfonamides is 1. The number of hydrogen-bond acceptors (Lipinski definition) is 5. The van der Waals surface area contributed by atoms with Crippen LogP contribution in [0.25, 0.3) is 0 Å². The molecule has 0 rings (SSSR count). The van der Waals surface area contributed by atoms with Crippen LogP contribution in [0, 0.1) is 0 Å². The van der Waals surface area contributed by atoms with Crippen molar-refractivity contribution >= 4 is 16.0 Å². The summed E-state index contributed by atoms with van der Waals surface area (Å²) in [6.45, 7) is 4.00. The van der Waals surface area contributed by atoms with Crippen molar-refractivity contribution in [3.63, 3.8) is 0 Å². The van der Waals surface area contributed by atoms with Crippen LogP contribution in [-0.4, -0.2) is 55.2 Å². The molecule has 1 unspecified atom stereocenters. The Morgan fingerprint density at radius 3 is 2.41 bits per heavy atom. The SMILES string of the molecule is CC(C)OCCS(=O)(=O)NCC(C)(O)C(=O)O. The Labute approximate surface area is 101 Å². The van der Waals surface area contributed by atoms with E-state index < -0.39 is 28.1 Å². The zero-order valence-electron chi connectivity index (χ0n) is 10.1. The van der Waals surface area contributed by atoms with E-state index in [4.69, 9.17) is 9.84 Å². The van der Waals surface area contributed by atoms with E-state index in [1.165, 1.54) is 0 Å². The fourth-order valence-electron chi connectivity index (χ4n) is 0.792. The van der Waals surface area contributed by atoms with Crippen LogP contribution in [0.1, 0.15) is 20.8 Å². The van der Waals surface area contributed by atoms with Crippen molar-refractivity contribution in [3.05, 3.63) is 0 Å². The van der Waals surface area contributed by atoms with Crippen LogP contribution in [0.2, 0.25) is 0 Å². The van der Waals surface area contributed by atoms with Crippen molar-refractivity contribution in [2.24, 2.45) is 0 Å². The molecule has 17 heavy (non-hydrogen) atoms. The molecule has 0 aliphatic rings. The Balaban J connectivity index is 4.15. The molecule has 0 aromatic heterocycles. The lowest BCUT2D eigenvalue weighted by Crippen LogP contribution is -2.47. The third kappa shape index (κ3) is 7.27. The number of hydrogen-bond donors (Lipinski definition) is 3. The number of carbonyl (C=O) groups is 1. The maximum absolute atomic E-state index is 11.4. The van der Waals surface area contributed by atoms with Gasteiger partial charge in [-0.05, 0) is 20.8 Å². The van der Waals surface area contributed by atoms with Gasteiger partial charge >= 0.3 is 5.97 Å². The van der Waals surface area contributed by atoms with Gasteiger partial charge in [0.15, 0.2) is 5.60 Å². The molecule has 0 aromatic rings. The van der Waals surface area contributed by atoms with Gasteiger partial charge in [0.25, 0.3) is 0 Å². The summed E-state index contributed by atoms with van der Waals surface area (Å²) < 4.78 is 29.8. The van der Waals surface area contributed by atoms with Gasteiger partial charge in [-0.3, -0.25) is 0 Å². The smallest absolute Gasteiger partial charge is 0.336 e. The van der Waals surface area contributed by atoms with E-state index >= 15 is 0 Å². The fraction of sp³-hybridized carbons (Fsp3) is 0.889. The summed E-state index contributed by atoms with van der Waals surface area (Å²) in [5, 5.41) is 17.9. The first-order chi connectivity index (χ1) is 7.57. The molecule has 0 saturated carbocycles. The maximum Gasteiger partial charge on any atom is 0.336 e. The predicted molar refractivity (Wildman–Crippen MR) is 61.1 cm³/mol. The lowest BCUT2D eigenvalue weighted by molar-refractivity contribution is -0.155. The molecule has 0 aliphatic carbocycles. The zero-order chi connectivity index (χ0) is 13.7. The summed E-state index contributed by atoms with van der Waals surface area (Å²) in [4.78, 5) is 10.5. The number of carboxylic acids is 1. The van der Waals surface area contributed by atoms with Crippen molar-refractivity contribution in [1.82, 2.24) is 4.72 Å². The van der Waals surface area contributed by atoms with Crippen molar-refractivity contribution in [2.45, 2.75) is 32.5 Å². The lowest BCUT2D eigenvalue weighted by atomic mass is 10.1. The quantitative estimate of drug-likeness (QED) is 0.530. The number of nitrogens with one attached hydrogen (secondary N) is 1. The van der Waals surface area contributed by atoms with E-state index in [2.05, 4.69) is 0 Å². The van der Waals surface area contributed by atoms with E-state index in [1.54, 1.807) is 13.8 Å². The summed E-state index contributed by atoms with van der Waals surface area (Å²) in [7, 11) is -3.64. The second-order valence-corrected chi connectivity index (χ2v) is 6.06. The third-order valence-electron chi connectivity index (χ3n) is 1.90. The molecule has 0 aromatic carbocycles. The molecule has 7 nitrogen and oxygen atoms in total. The van der Waals surface area contributed by atoms with Crippen LogP contribution in [0.4, 0.5) is 0 Å². The number of ether oxygens (including phenoxy) is 1. The van der Waals surface area contributed by atoms with Crippen molar-refractivity contribution in [2.75, 3.05) is 18.9 Å². The summed E-state index contributed by atoms with van der Waals surface area (Å²) in [5.74, 6) is -1.76. The van der Waals surface area contributed by atoms with E-state index in [9.17, 15) is 18.3 Å². The van der Waals surface area contributed by atoms with Crippen LogP contribution in [-0.2, 0) is 19.6 Å². The Morgan fingerprint density at radius 2 is 2.00 bits per heavy atom. The van der Waals surface area contributed by atoms with Crippen LogP contribution < -0.4 is 4.72 Å². The molecule has 0 amide bonds. The average molecular weight is 269 g/mol. The molecular weight excluding hydrogens is 250 g/mol. The second kappa shape index (κ2) is 6.29. The minimum absolute atomic E-state index is 0.0161. The minimum Gasteiger partial charge on any atom is -0.479 e. The van der Waals surface area contributed by atoms with Gasteiger partial charge < -0.3 is 14.9 Å². The van der Waals surface area contributed by atoms with E-state index in [1.807, 2.05) is 4.72 Å². The molecule has 0 saturated heterocycles. The van der Waals surface area contributed by atoms with Crippen molar-refractivity contribution in [3.8, 4) is 0 Å². The largest absolute Gasteiger partial charge is 0.479 e. The van der Waals surface area contributed by atoms with Crippen LogP contribution >= 0.6 is 0 Å². The highest BCUT2D eigenvalue weighted by molar-refractivity contribution is 7.89. The summed E-state index contributed by atoms with van der Waals surface area (Å²) >= 11 is 0. The molecule has 102 valence electrons. The first kappa shape index (κ1) is 16.3. The minimum atomic E-state index is -3.64. The molecular formula is C9H19NO6S. The second-order valence-electron chi connectivity index (χ2n) is 4.14. The maximum atomic E-state index is 11.4. The number of rotatable bonds is 8. The van der Waals surface area contributed by atoms with Crippen molar-refractivity contribution < 1.29 is 28.2 Å². The van der Waals surface area contributed by atoms with Gasteiger partial charge in [-0.25, -0.2) is 17.9 Å². The Bertz CT molecular complexity index is 348. The standard InChI is InChI=1S/C9H19NO6S/c1-7(2)16-4-5-17(14,15)10-6-9(3,13)8(11)12/h7,10,13H,4-6H2,1-3H3,(H,11,12). The van der Waals surface area contributed by atoms with Gasteiger partial charge in [0.2, 0.25) is 10.0 Å². The van der Waals surface area contributed by atoms with Gasteiger partial charge in [-0.1, -0.05) is 0 Å². The predicted octanol–water partition coefficient (Wildman–Crippen LogP) is -0.834. The zero-order valence-corrected chi connectivity index (χ0v) is 11.0. The highest BCUT2D eigenvalue weighted by atomic mass is 32.2. The van der Waals surface area contributed by atoms with Gasteiger partial charge in [-0.2, -0.15) is 0 Å². The molecule has 0 bridgehead atoms. The summed E-state index contributed by atoms with van der Waals surface area (Å²) in [6, 6.07) is 0. The van der Waals surface area contributed by atoms with Gasteiger partial charge in [-0.15, -0.1) is 0 Å². The highest BCUT2D eigenvalue weighted by Crippen LogP contribution is 2.02. The van der Waals surface area contributed by atoms with Crippen molar-refractivity contribution in [1.29, 1.82) is 0 Å².